The zero-order valence-electron chi connectivity index (χ0n) is 10.7. The lowest BCUT2D eigenvalue weighted by Gasteiger charge is -2.03. The van der Waals surface area contributed by atoms with Crippen LogP contribution in [0.25, 0.3) is 23.3 Å². The molecule has 3 aromatic rings. The van der Waals surface area contributed by atoms with Gasteiger partial charge in [-0.25, -0.2) is 9.97 Å². The van der Waals surface area contributed by atoms with E-state index in [1.54, 1.807) is 23.2 Å². The average molecular weight is 255 g/mol. The van der Waals surface area contributed by atoms with E-state index in [0.717, 1.165) is 11.1 Å². The first-order valence-corrected chi connectivity index (χ1v) is 5.89. The van der Waals surface area contributed by atoms with Crippen molar-refractivity contribution in [1.29, 1.82) is 0 Å². The maximum Gasteiger partial charge on any atom is 0.297 e. The van der Waals surface area contributed by atoms with Gasteiger partial charge in [-0.15, -0.1) is 0 Å². The van der Waals surface area contributed by atoms with E-state index in [-0.39, 0.29) is 0 Å². The van der Waals surface area contributed by atoms with Gasteiger partial charge in [0.2, 0.25) is 5.89 Å². The van der Waals surface area contributed by atoms with Gasteiger partial charge in [0.15, 0.2) is 5.58 Å². The summed E-state index contributed by atoms with van der Waals surface area (Å²) in [6.07, 6.45) is 5.21. The molecule has 2 heterocycles. The van der Waals surface area contributed by atoms with Crippen LogP contribution in [-0.4, -0.2) is 24.1 Å². The highest BCUT2D eigenvalue weighted by atomic mass is 16.4. The van der Waals surface area contributed by atoms with Crippen molar-refractivity contribution in [2.24, 2.45) is 0 Å². The predicted molar refractivity (Wildman–Crippen MR) is 73.8 cm³/mol. The lowest BCUT2D eigenvalue weighted by atomic mass is 10.3. The van der Waals surface area contributed by atoms with Crippen LogP contribution in [-0.2, 0) is 0 Å². The van der Waals surface area contributed by atoms with Crippen LogP contribution in [0.4, 0.5) is 6.01 Å². The van der Waals surface area contributed by atoms with Crippen molar-refractivity contribution in [3.05, 3.63) is 42.1 Å². The summed E-state index contributed by atoms with van der Waals surface area (Å²) < 4.78 is 11.1. The van der Waals surface area contributed by atoms with Gasteiger partial charge in [0, 0.05) is 20.2 Å². The van der Waals surface area contributed by atoms with Gasteiger partial charge in [0.1, 0.15) is 11.3 Å². The molecule has 0 unspecified atom stereocenters. The Morgan fingerprint density at radius 3 is 2.68 bits per heavy atom. The molecule has 0 saturated heterocycles. The number of nitrogens with zero attached hydrogens (tertiary/aromatic N) is 3. The van der Waals surface area contributed by atoms with E-state index in [1.807, 2.05) is 38.4 Å². The first kappa shape index (κ1) is 11.5. The molecule has 5 heteroatoms. The third-order valence-electron chi connectivity index (χ3n) is 2.59. The molecule has 0 spiro atoms. The SMILES string of the molecule is CN(C)c1ncc(/C=C/c2nc3ccccc3o2)o1. The molecule has 0 N–H and O–H groups in total. The van der Waals surface area contributed by atoms with Crippen molar-refractivity contribution in [3.8, 4) is 0 Å². The van der Waals surface area contributed by atoms with Crippen molar-refractivity contribution in [1.82, 2.24) is 9.97 Å². The Kier molecular flexibility index (Phi) is 2.79. The lowest BCUT2D eigenvalue weighted by molar-refractivity contribution is 0.547. The molecule has 0 radical (unpaired) electrons. The van der Waals surface area contributed by atoms with Gasteiger partial charge >= 0.3 is 0 Å². The van der Waals surface area contributed by atoms with Gasteiger partial charge in [-0.3, -0.25) is 0 Å². The van der Waals surface area contributed by atoms with Crippen LogP contribution in [0.1, 0.15) is 11.7 Å². The number of hydrogen-bond acceptors (Lipinski definition) is 5. The molecule has 2 aromatic heterocycles. The molecule has 5 nitrogen and oxygen atoms in total. The first-order valence-electron chi connectivity index (χ1n) is 5.89. The van der Waals surface area contributed by atoms with E-state index in [9.17, 15) is 0 Å². The maximum absolute atomic E-state index is 5.57. The minimum atomic E-state index is 0.545. The van der Waals surface area contributed by atoms with Gasteiger partial charge in [-0.1, -0.05) is 12.1 Å². The van der Waals surface area contributed by atoms with E-state index in [1.165, 1.54) is 0 Å². The number of benzene rings is 1. The van der Waals surface area contributed by atoms with Crippen LogP contribution in [0.15, 0.2) is 39.3 Å². The molecule has 0 fully saturated rings. The highest BCUT2D eigenvalue weighted by Gasteiger charge is 2.04. The molecule has 1 aromatic carbocycles. The lowest BCUT2D eigenvalue weighted by Crippen LogP contribution is -2.08. The summed E-state index contributed by atoms with van der Waals surface area (Å²) in [6.45, 7) is 0. The molecule has 0 bridgehead atoms. The molecular formula is C14H13N3O2. The van der Waals surface area contributed by atoms with Crippen molar-refractivity contribution < 1.29 is 8.83 Å². The molecule has 0 aliphatic rings. The Balaban J connectivity index is 1.84. The fraction of sp³-hybridized carbons (Fsp3) is 0.143. The fourth-order valence-electron chi connectivity index (χ4n) is 1.68. The Labute approximate surface area is 110 Å². The molecule has 0 saturated carbocycles. The van der Waals surface area contributed by atoms with Crippen molar-refractivity contribution >= 4 is 29.3 Å². The molecule has 0 aliphatic carbocycles. The van der Waals surface area contributed by atoms with E-state index >= 15 is 0 Å². The van der Waals surface area contributed by atoms with Crippen LogP contribution < -0.4 is 4.90 Å². The molecular weight excluding hydrogens is 242 g/mol. The highest BCUT2D eigenvalue weighted by molar-refractivity contribution is 5.75. The average Bonchev–Trinajstić information content (AvgIpc) is 3.02. The highest BCUT2D eigenvalue weighted by Crippen LogP contribution is 2.18. The van der Waals surface area contributed by atoms with Gasteiger partial charge in [0.25, 0.3) is 6.01 Å². The maximum atomic E-state index is 5.57. The summed E-state index contributed by atoms with van der Waals surface area (Å²) in [6, 6.07) is 8.21. The Hall–Kier alpha value is -2.56. The monoisotopic (exact) mass is 255 g/mol. The van der Waals surface area contributed by atoms with Crippen molar-refractivity contribution in [2.75, 3.05) is 19.0 Å². The number of rotatable bonds is 3. The van der Waals surface area contributed by atoms with E-state index in [2.05, 4.69) is 9.97 Å². The van der Waals surface area contributed by atoms with Gasteiger partial charge in [-0.05, 0) is 18.2 Å². The van der Waals surface area contributed by atoms with Crippen LogP contribution in [0.5, 0.6) is 0 Å². The Bertz CT molecular complexity index is 692. The minimum absolute atomic E-state index is 0.545. The molecule has 96 valence electrons. The number of aromatic nitrogens is 2. The summed E-state index contributed by atoms with van der Waals surface area (Å²) in [5.74, 6) is 1.20. The number of oxazole rings is 2. The fourth-order valence-corrected chi connectivity index (χ4v) is 1.68. The summed E-state index contributed by atoms with van der Waals surface area (Å²) in [5.41, 5.74) is 1.61. The summed E-state index contributed by atoms with van der Waals surface area (Å²) >= 11 is 0. The number of para-hydroxylation sites is 2. The molecule has 19 heavy (non-hydrogen) atoms. The standard InChI is InChI=1S/C14H13N3O2/c1-17(2)14-15-9-10(18-14)7-8-13-16-11-5-3-4-6-12(11)19-13/h3-9H,1-2H3/b8-7+. The van der Waals surface area contributed by atoms with Gasteiger partial charge in [-0.2, -0.15) is 0 Å². The number of hydrogen-bond donors (Lipinski definition) is 0. The quantitative estimate of drug-likeness (QED) is 0.720. The Morgan fingerprint density at radius 1 is 1.11 bits per heavy atom. The summed E-state index contributed by atoms with van der Waals surface area (Å²) in [7, 11) is 3.75. The molecule has 0 aliphatic heterocycles. The second kappa shape index (κ2) is 4.61. The summed E-state index contributed by atoms with van der Waals surface area (Å²) in [5, 5.41) is 0. The van der Waals surface area contributed by atoms with E-state index < -0.39 is 0 Å². The second-order valence-corrected chi connectivity index (χ2v) is 4.29. The molecule has 0 atom stereocenters. The molecule has 0 amide bonds. The second-order valence-electron chi connectivity index (χ2n) is 4.29. The minimum Gasteiger partial charge on any atom is -0.437 e. The predicted octanol–water partition coefficient (Wildman–Crippen LogP) is 3.05. The topological polar surface area (TPSA) is 55.3 Å². The zero-order valence-corrected chi connectivity index (χ0v) is 10.7. The first-order chi connectivity index (χ1) is 9.22. The van der Waals surface area contributed by atoms with Crippen LogP contribution in [0.3, 0.4) is 0 Å². The number of anilines is 1. The van der Waals surface area contributed by atoms with Crippen molar-refractivity contribution in [3.63, 3.8) is 0 Å². The third kappa shape index (κ3) is 2.35. The van der Waals surface area contributed by atoms with Crippen LogP contribution in [0.2, 0.25) is 0 Å². The van der Waals surface area contributed by atoms with E-state index in [0.29, 0.717) is 17.7 Å². The third-order valence-corrected chi connectivity index (χ3v) is 2.59. The summed E-state index contributed by atoms with van der Waals surface area (Å²) in [4.78, 5) is 10.3. The Morgan fingerprint density at radius 2 is 1.95 bits per heavy atom. The van der Waals surface area contributed by atoms with Crippen LogP contribution >= 0.6 is 0 Å². The number of fused-ring (bicyclic) bond motifs is 1. The molecule has 3 rings (SSSR count). The van der Waals surface area contributed by atoms with Gasteiger partial charge < -0.3 is 13.7 Å². The van der Waals surface area contributed by atoms with Crippen LogP contribution in [0, 0.1) is 0 Å². The normalized spacial score (nSPS) is 11.5. The van der Waals surface area contributed by atoms with Crippen molar-refractivity contribution in [2.45, 2.75) is 0 Å². The van der Waals surface area contributed by atoms with Gasteiger partial charge in [0.05, 0.1) is 6.20 Å². The largest absolute Gasteiger partial charge is 0.437 e. The smallest absolute Gasteiger partial charge is 0.297 e. The zero-order chi connectivity index (χ0) is 13.2. The van der Waals surface area contributed by atoms with E-state index in [4.69, 9.17) is 8.83 Å².